The van der Waals surface area contributed by atoms with Crippen LogP contribution in [0.2, 0.25) is 0 Å². The first-order chi connectivity index (χ1) is 14.9. The lowest BCUT2D eigenvalue weighted by Crippen LogP contribution is -2.19. The van der Waals surface area contributed by atoms with Gasteiger partial charge in [0.25, 0.3) is 5.91 Å². The summed E-state index contributed by atoms with van der Waals surface area (Å²) < 4.78 is 7.86. The average molecular weight is 415 g/mol. The molecule has 158 valence electrons. The van der Waals surface area contributed by atoms with Gasteiger partial charge in [0.15, 0.2) is 6.23 Å². The fraction of sp³-hybridized carbons (Fsp3) is 0.333. The second-order valence-electron chi connectivity index (χ2n) is 7.96. The second-order valence-corrected chi connectivity index (χ2v) is 7.96. The van der Waals surface area contributed by atoms with Gasteiger partial charge in [0.2, 0.25) is 0 Å². The molecule has 31 heavy (non-hydrogen) atoms. The van der Waals surface area contributed by atoms with Crippen molar-refractivity contribution in [2.75, 3.05) is 11.9 Å². The molecule has 1 saturated heterocycles. The minimum absolute atomic E-state index is 0.0849. The standard InChI is InChI=1S/C24H25N5O2/c1-14(2)22-19-11-18(8-9-20(19)29(28-22)21-7-5-6-10-31-21)27-24(30)23-16(4)15(3)17(12-25)13-26-23/h8-9,11,13,21H,1,5-7,10H2,2-4H3,(H,27,30). The van der Waals surface area contributed by atoms with Gasteiger partial charge >= 0.3 is 0 Å². The number of aromatic nitrogens is 3. The Morgan fingerprint density at radius 3 is 2.77 bits per heavy atom. The highest BCUT2D eigenvalue weighted by molar-refractivity contribution is 6.05. The van der Waals surface area contributed by atoms with Crippen LogP contribution >= 0.6 is 0 Å². The van der Waals surface area contributed by atoms with Gasteiger partial charge in [-0.2, -0.15) is 10.4 Å². The number of rotatable bonds is 4. The molecule has 1 atom stereocenters. The van der Waals surface area contributed by atoms with Crippen LogP contribution in [0.4, 0.5) is 5.69 Å². The van der Waals surface area contributed by atoms with Crippen LogP contribution in [-0.2, 0) is 4.74 Å². The molecule has 1 aromatic carbocycles. The molecule has 4 rings (SSSR count). The molecule has 3 heterocycles. The SMILES string of the molecule is C=C(C)c1nn(C2CCCCO2)c2ccc(NC(=O)c3ncc(C#N)c(C)c3C)cc12. The van der Waals surface area contributed by atoms with E-state index in [0.717, 1.165) is 53.6 Å². The minimum Gasteiger partial charge on any atom is -0.356 e. The van der Waals surface area contributed by atoms with E-state index >= 15 is 0 Å². The Labute approximate surface area is 181 Å². The van der Waals surface area contributed by atoms with Gasteiger partial charge in [-0.1, -0.05) is 6.58 Å². The largest absolute Gasteiger partial charge is 0.356 e. The lowest BCUT2D eigenvalue weighted by molar-refractivity contribution is -0.0367. The predicted molar refractivity (Wildman–Crippen MR) is 120 cm³/mol. The second kappa shape index (κ2) is 8.32. The molecule has 1 unspecified atom stereocenters. The Kier molecular flexibility index (Phi) is 5.57. The first-order valence-corrected chi connectivity index (χ1v) is 10.4. The number of allylic oxidation sites excluding steroid dienone is 1. The molecule has 0 saturated carbocycles. The van der Waals surface area contributed by atoms with Crippen LogP contribution in [0.25, 0.3) is 16.5 Å². The molecule has 1 fully saturated rings. The third-order valence-electron chi connectivity index (χ3n) is 5.78. The molecule has 2 aromatic heterocycles. The number of hydrogen-bond acceptors (Lipinski definition) is 5. The fourth-order valence-electron chi connectivity index (χ4n) is 3.90. The molecular weight excluding hydrogens is 390 g/mol. The van der Waals surface area contributed by atoms with E-state index in [1.54, 1.807) is 6.92 Å². The summed E-state index contributed by atoms with van der Waals surface area (Å²) in [6.45, 7) is 10.3. The summed E-state index contributed by atoms with van der Waals surface area (Å²) in [6.07, 6.45) is 4.46. The topological polar surface area (TPSA) is 92.8 Å². The molecule has 1 aliphatic rings. The summed E-state index contributed by atoms with van der Waals surface area (Å²) in [6, 6.07) is 7.82. The molecule has 7 nitrogen and oxygen atoms in total. The molecule has 0 aliphatic carbocycles. The normalized spacial score (nSPS) is 16.1. The smallest absolute Gasteiger partial charge is 0.274 e. The number of benzene rings is 1. The maximum atomic E-state index is 12.9. The zero-order chi connectivity index (χ0) is 22.1. The quantitative estimate of drug-likeness (QED) is 0.654. The predicted octanol–water partition coefficient (Wildman–Crippen LogP) is 4.90. The zero-order valence-electron chi connectivity index (χ0n) is 18.0. The summed E-state index contributed by atoms with van der Waals surface area (Å²) >= 11 is 0. The van der Waals surface area contributed by atoms with Crippen LogP contribution in [0.5, 0.6) is 0 Å². The molecule has 1 aliphatic heterocycles. The maximum Gasteiger partial charge on any atom is 0.274 e. The molecular formula is C24H25N5O2. The van der Waals surface area contributed by atoms with Crippen molar-refractivity contribution in [3.63, 3.8) is 0 Å². The average Bonchev–Trinajstić information content (AvgIpc) is 3.15. The van der Waals surface area contributed by atoms with E-state index in [2.05, 4.69) is 22.9 Å². The van der Waals surface area contributed by atoms with Gasteiger partial charge in [-0.05, 0) is 74.9 Å². The number of nitrogens with zero attached hydrogens (tertiary/aromatic N) is 4. The van der Waals surface area contributed by atoms with Crippen LogP contribution in [0, 0.1) is 25.2 Å². The zero-order valence-corrected chi connectivity index (χ0v) is 18.0. The molecule has 0 bridgehead atoms. The molecule has 7 heteroatoms. The Morgan fingerprint density at radius 2 is 2.10 bits per heavy atom. The van der Waals surface area contributed by atoms with Crippen molar-refractivity contribution in [2.24, 2.45) is 0 Å². The summed E-state index contributed by atoms with van der Waals surface area (Å²) in [4.78, 5) is 17.1. The van der Waals surface area contributed by atoms with Crippen LogP contribution in [0.3, 0.4) is 0 Å². The van der Waals surface area contributed by atoms with Crippen molar-refractivity contribution < 1.29 is 9.53 Å². The summed E-state index contributed by atoms with van der Waals surface area (Å²) in [5.41, 5.74) is 5.48. The number of hydrogen-bond donors (Lipinski definition) is 1. The lowest BCUT2D eigenvalue weighted by Gasteiger charge is -2.23. The highest BCUT2D eigenvalue weighted by atomic mass is 16.5. The summed E-state index contributed by atoms with van der Waals surface area (Å²) in [5.74, 6) is -0.315. The van der Waals surface area contributed by atoms with E-state index in [1.807, 2.05) is 36.7 Å². The number of carbonyl (C=O) groups is 1. The van der Waals surface area contributed by atoms with Gasteiger partial charge in [0.1, 0.15) is 11.8 Å². The number of pyridine rings is 1. The van der Waals surface area contributed by atoms with Crippen LogP contribution in [0.15, 0.2) is 31.0 Å². The van der Waals surface area contributed by atoms with Gasteiger partial charge < -0.3 is 10.1 Å². The van der Waals surface area contributed by atoms with E-state index in [9.17, 15) is 4.79 Å². The number of carbonyl (C=O) groups excluding carboxylic acids is 1. The van der Waals surface area contributed by atoms with Crippen molar-refractivity contribution in [3.05, 3.63) is 59.1 Å². The van der Waals surface area contributed by atoms with E-state index in [0.29, 0.717) is 22.5 Å². The van der Waals surface area contributed by atoms with E-state index < -0.39 is 0 Å². The van der Waals surface area contributed by atoms with Crippen LogP contribution in [0.1, 0.15) is 65.3 Å². The first kappa shape index (κ1) is 20.8. The van der Waals surface area contributed by atoms with Gasteiger partial charge in [0, 0.05) is 23.9 Å². The van der Waals surface area contributed by atoms with E-state index in [1.165, 1.54) is 6.20 Å². The molecule has 1 amide bonds. The molecule has 0 spiro atoms. The van der Waals surface area contributed by atoms with Gasteiger partial charge in [-0.3, -0.25) is 4.79 Å². The summed E-state index contributed by atoms with van der Waals surface area (Å²) in [7, 11) is 0. The Morgan fingerprint density at radius 1 is 1.29 bits per heavy atom. The van der Waals surface area contributed by atoms with Gasteiger partial charge in [0.05, 0.1) is 16.8 Å². The Hall–Kier alpha value is -3.50. The fourth-order valence-corrected chi connectivity index (χ4v) is 3.90. The maximum absolute atomic E-state index is 12.9. The van der Waals surface area contributed by atoms with Crippen LogP contribution < -0.4 is 5.32 Å². The number of ether oxygens (including phenoxy) is 1. The third-order valence-corrected chi connectivity index (χ3v) is 5.78. The van der Waals surface area contributed by atoms with Crippen molar-refractivity contribution >= 4 is 28.1 Å². The van der Waals surface area contributed by atoms with Crippen molar-refractivity contribution in [3.8, 4) is 6.07 Å². The Bertz CT molecular complexity index is 1230. The monoisotopic (exact) mass is 415 g/mol. The van der Waals surface area contributed by atoms with Gasteiger partial charge in [-0.25, -0.2) is 9.67 Å². The third kappa shape index (κ3) is 3.82. The number of fused-ring (bicyclic) bond motifs is 1. The number of nitriles is 1. The molecule has 1 N–H and O–H groups in total. The Balaban J connectivity index is 1.69. The van der Waals surface area contributed by atoms with E-state index in [4.69, 9.17) is 15.1 Å². The van der Waals surface area contributed by atoms with Gasteiger partial charge in [-0.15, -0.1) is 0 Å². The van der Waals surface area contributed by atoms with Crippen molar-refractivity contribution in [1.82, 2.24) is 14.8 Å². The highest BCUT2D eigenvalue weighted by Crippen LogP contribution is 2.32. The number of nitrogens with one attached hydrogen (secondary N) is 1. The minimum atomic E-state index is -0.315. The first-order valence-electron chi connectivity index (χ1n) is 10.4. The summed E-state index contributed by atoms with van der Waals surface area (Å²) in [5, 5.41) is 17.8. The number of amides is 1. The molecule has 3 aromatic rings. The van der Waals surface area contributed by atoms with Crippen molar-refractivity contribution in [1.29, 1.82) is 5.26 Å². The number of anilines is 1. The highest BCUT2D eigenvalue weighted by Gasteiger charge is 2.22. The van der Waals surface area contributed by atoms with Crippen molar-refractivity contribution in [2.45, 2.75) is 46.3 Å². The van der Waals surface area contributed by atoms with E-state index in [-0.39, 0.29) is 12.1 Å². The molecule has 0 radical (unpaired) electrons. The lowest BCUT2D eigenvalue weighted by atomic mass is 10.0. The van der Waals surface area contributed by atoms with Crippen LogP contribution in [-0.4, -0.2) is 27.3 Å².